The summed E-state index contributed by atoms with van der Waals surface area (Å²) in [6.45, 7) is 2.27. The Bertz CT molecular complexity index is 312. The molecular formula is C18H30OS. The van der Waals surface area contributed by atoms with Crippen molar-refractivity contribution >= 4 is 11.8 Å². The molecule has 1 nitrogen and oxygen atoms in total. The second kappa shape index (κ2) is 12.3. The highest BCUT2D eigenvalue weighted by Gasteiger charge is 2.08. The van der Waals surface area contributed by atoms with E-state index in [1.54, 1.807) is 0 Å². The largest absolute Gasteiger partial charge is 0.370 e. The highest BCUT2D eigenvalue weighted by Crippen LogP contribution is 2.27. The van der Waals surface area contributed by atoms with E-state index in [1.165, 1.54) is 56.3 Å². The molecular weight excluding hydrogens is 264 g/mol. The SMILES string of the molecule is CCCCCCCCCCC(OC)Sc1ccccc1. The summed E-state index contributed by atoms with van der Waals surface area (Å²) in [4.78, 5) is 1.30. The molecule has 1 unspecified atom stereocenters. The number of hydrogen-bond acceptors (Lipinski definition) is 2. The minimum atomic E-state index is 0.303. The topological polar surface area (TPSA) is 9.23 Å². The van der Waals surface area contributed by atoms with Gasteiger partial charge in [-0.2, -0.15) is 0 Å². The molecule has 1 aromatic rings. The van der Waals surface area contributed by atoms with Crippen LogP contribution in [0.25, 0.3) is 0 Å². The van der Waals surface area contributed by atoms with Crippen molar-refractivity contribution in [1.29, 1.82) is 0 Å². The number of rotatable bonds is 12. The third kappa shape index (κ3) is 8.65. The zero-order valence-electron chi connectivity index (χ0n) is 13.1. The Morgan fingerprint density at radius 2 is 1.50 bits per heavy atom. The van der Waals surface area contributed by atoms with Crippen LogP contribution in [-0.2, 0) is 4.74 Å². The van der Waals surface area contributed by atoms with E-state index >= 15 is 0 Å². The summed E-state index contributed by atoms with van der Waals surface area (Å²) in [6.07, 6.45) is 12.2. The average Bonchev–Trinajstić information content (AvgIpc) is 2.49. The van der Waals surface area contributed by atoms with Gasteiger partial charge in [0.05, 0.1) is 0 Å². The lowest BCUT2D eigenvalue weighted by molar-refractivity contribution is 0.163. The third-order valence-corrected chi connectivity index (χ3v) is 4.80. The number of hydrogen-bond donors (Lipinski definition) is 0. The Balaban J connectivity index is 2.04. The fraction of sp³-hybridized carbons (Fsp3) is 0.667. The van der Waals surface area contributed by atoms with Crippen molar-refractivity contribution < 1.29 is 4.74 Å². The van der Waals surface area contributed by atoms with Crippen LogP contribution in [0.5, 0.6) is 0 Å². The van der Waals surface area contributed by atoms with E-state index in [1.807, 2.05) is 18.9 Å². The first-order valence-corrected chi connectivity index (χ1v) is 8.99. The molecule has 0 aliphatic rings. The van der Waals surface area contributed by atoms with Gasteiger partial charge in [0, 0.05) is 12.0 Å². The van der Waals surface area contributed by atoms with Crippen molar-refractivity contribution in [2.75, 3.05) is 7.11 Å². The second-order valence-electron chi connectivity index (χ2n) is 5.36. The van der Waals surface area contributed by atoms with Gasteiger partial charge in [-0.3, -0.25) is 0 Å². The maximum Gasteiger partial charge on any atom is 0.107 e. The predicted octanol–water partition coefficient (Wildman–Crippen LogP) is 6.28. The lowest BCUT2D eigenvalue weighted by atomic mass is 10.1. The van der Waals surface area contributed by atoms with Gasteiger partial charge in [0.15, 0.2) is 0 Å². The molecule has 0 aliphatic carbocycles. The van der Waals surface area contributed by atoms with Gasteiger partial charge in [-0.15, -0.1) is 0 Å². The van der Waals surface area contributed by atoms with Crippen molar-refractivity contribution in [3.8, 4) is 0 Å². The molecule has 0 saturated heterocycles. The Morgan fingerprint density at radius 3 is 2.10 bits per heavy atom. The molecule has 1 atom stereocenters. The van der Waals surface area contributed by atoms with Crippen LogP contribution < -0.4 is 0 Å². The van der Waals surface area contributed by atoms with E-state index in [0.717, 1.165) is 6.42 Å². The van der Waals surface area contributed by atoms with Crippen molar-refractivity contribution in [3.63, 3.8) is 0 Å². The number of methoxy groups -OCH3 is 1. The van der Waals surface area contributed by atoms with Crippen molar-refractivity contribution in [1.82, 2.24) is 0 Å². The first kappa shape index (κ1) is 17.6. The monoisotopic (exact) mass is 294 g/mol. The van der Waals surface area contributed by atoms with Gasteiger partial charge in [-0.1, -0.05) is 81.8 Å². The lowest BCUT2D eigenvalue weighted by Crippen LogP contribution is -2.04. The van der Waals surface area contributed by atoms with E-state index in [-0.39, 0.29) is 0 Å². The Hall–Kier alpha value is -0.470. The molecule has 0 bridgehead atoms. The summed E-state index contributed by atoms with van der Waals surface area (Å²) in [6, 6.07) is 10.6. The van der Waals surface area contributed by atoms with Gasteiger partial charge in [0.2, 0.25) is 0 Å². The maximum atomic E-state index is 5.58. The summed E-state index contributed by atoms with van der Waals surface area (Å²) in [5.41, 5.74) is 0.303. The molecule has 0 fully saturated rings. The number of unbranched alkanes of at least 4 members (excludes halogenated alkanes) is 7. The number of ether oxygens (including phenoxy) is 1. The van der Waals surface area contributed by atoms with Crippen LogP contribution >= 0.6 is 11.8 Å². The first-order chi connectivity index (χ1) is 9.86. The summed E-state index contributed by atoms with van der Waals surface area (Å²) < 4.78 is 5.58. The fourth-order valence-electron chi connectivity index (χ4n) is 2.32. The first-order valence-electron chi connectivity index (χ1n) is 8.11. The Morgan fingerprint density at radius 1 is 0.900 bits per heavy atom. The fourth-order valence-corrected chi connectivity index (χ4v) is 3.32. The molecule has 0 aromatic heterocycles. The molecule has 114 valence electrons. The number of thioether (sulfide) groups is 1. The smallest absolute Gasteiger partial charge is 0.107 e. The molecule has 0 spiro atoms. The van der Waals surface area contributed by atoms with E-state index in [4.69, 9.17) is 4.74 Å². The van der Waals surface area contributed by atoms with Crippen molar-refractivity contribution in [2.24, 2.45) is 0 Å². The van der Waals surface area contributed by atoms with Crippen LogP contribution in [0.15, 0.2) is 35.2 Å². The van der Waals surface area contributed by atoms with Gasteiger partial charge in [-0.25, -0.2) is 0 Å². The van der Waals surface area contributed by atoms with Crippen LogP contribution in [0, 0.1) is 0 Å². The van der Waals surface area contributed by atoms with E-state index in [0.29, 0.717) is 5.44 Å². The molecule has 0 aliphatic heterocycles. The summed E-state index contributed by atoms with van der Waals surface area (Å²) in [5.74, 6) is 0. The minimum Gasteiger partial charge on any atom is -0.370 e. The molecule has 20 heavy (non-hydrogen) atoms. The third-order valence-electron chi connectivity index (χ3n) is 3.57. The van der Waals surface area contributed by atoms with Gasteiger partial charge >= 0.3 is 0 Å². The van der Waals surface area contributed by atoms with Crippen LogP contribution in [-0.4, -0.2) is 12.5 Å². The molecule has 1 aromatic carbocycles. The molecule has 0 saturated carbocycles. The Labute approximate surface area is 129 Å². The highest BCUT2D eigenvalue weighted by atomic mass is 32.2. The van der Waals surface area contributed by atoms with Crippen LogP contribution in [0.4, 0.5) is 0 Å². The van der Waals surface area contributed by atoms with E-state index < -0.39 is 0 Å². The standard InChI is InChI=1S/C18H30OS/c1-3-4-5-6-7-8-9-13-16-18(19-2)20-17-14-11-10-12-15-17/h10-12,14-15,18H,3-9,13,16H2,1-2H3. The van der Waals surface area contributed by atoms with Crippen LogP contribution in [0.1, 0.15) is 64.7 Å². The van der Waals surface area contributed by atoms with Crippen molar-refractivity contribution in [3.05, 3.63) is 30.3 Å². The molecule has 0 heterocycles. The maximum absolute atomic E-state index is 5.58. The summed E-state index contributed by atoms with van der Waals surface area (Å²) in [7, 11) is 1.82. The average molecular weight is 295 g/mol. The molecule has 1 rings (SSSR count). The quantitative estimate of drug-likeness (QED) is 0.255. The van der Waals surface area contributed by atoms with Gasteiger partial charge in [0.25, 0.3) is 0 Å². The zero-order valence-corrected chi connectivity index (χ0v) is 14.0. The van der Waals surface area contributed by atoms with Crippen molar-refractivity contribution in [2.45, 2.75) is 75.0 Å². The summed E-state index contributed by atoms with van der Waals surface area (Å²) >= 11 is 1.84. The molecule has 0 N–H and O–H groups in total. The van der Waals surface area contributed by atoms with Gasteiger partial charge in [0.1, 0.15) is 5.44 Å². The lowest BCUT2D eigenvalue weighted by Gasteiger charge is -2.14. The zero-order chi connectivity index (χ0) is 14.5. The van der Waals surface area contributed by atoms with E-state index in [9.17, 15) is 0 Å². The Kier molecular flexibility index (Phi) is 10.8. The van der Waals surface area contributed by atoms with Crippen LogP contribution in [0.2, 0.25) is 0 Å². The predicted molar refractivity (Wildman–Crippen MR) is 90.3 cm³/mol. The summed E-state index contributed by atoms with van der Waals surface area (Å²) in [5, 5.41) is 0. The molecule has 0 radical (unpaired) electrons. The normalized spacial score (nSPS) is 12.5. The minimum absolute atomic E-state index is 0.303. The molecule has 2 heteroatoms. The number of benzene rings is 1. The highest BCUT2D eigenvalue weighted by molar-refractivity contribution is 7.99. The van der Waals surface area contributed by atoms with E-state index in [2.05, 4.69) is 37.3 Å². The molecule has 0 amide bonds. The van der Waals surface area contributed by atoms with Gasteiger partial charge < -0.3 is 4.74 Å². The van der Waals surface area contributed by atoms with Gasteiger partial charge in [-0.05, 0) is 25.0 Å². The van der Waals surface area contributed by atoms with Crippen LogP contribution in [0.3, 0.4) is 0 Å². The second-order valence-corrected chi connectivity index (χ2v) is 6.59.